The van der Waals surface area contributed by atoms with Crippen molar-refractivity contribution in [2.75, 3.05) is 6.79 Å². The van der Waals surface area contributed by atoms with Gasteiger partial charge in [-0.05, 0) is 31.5 Å². The molecule has 0 bridgehead atoms. The van der Waals surface area contributed by atoms with Gasteiger partial charge in [0.15, 0.2) is 22.3 Å². The van der Waals surface area contributed by atoms with Crippen molar-refractivity contribution in [3.63, 3.8) is 0 Å². The third kappa shape index (κ3) is 2.80. The molecule has 0 aliphatic carbocycles. The van der Waals surface area contributed by atoms with E-state index in [0.717, 1.165) is 5.56 Å². The maximum absolute atomic E-state index is 12.0. The van der Waals surface area contributed by atoms with E-state index in [1.807, 2.05) is 0 Å². The van der Waals surface area contributed by atoms with Gasteiger partial charge in [-0.3, -0.25) is 4.79 Å². The number of guanidine groups is 1. The smallest absolute Gasteiger partial charge is 0.273 e. The van der Waals surface area contributed by atoms with Crippen molar-refractivity contribution in [2.24, 2.45) is 5.10 Å². The van der Waals surface area contributed by atoms with Crippen LogP contribution >= 0.6 is 0 Å². The van der Waals surface area contributed by atoms with Gasteiger partial charge in [0, 0.05) is 11.3 Å². The van der Waals surface area contributed by atoms with E-state index in [2.05, 4.69) is 15.7 Å². The van der Waals surface area contributed by atoms with Gasteiger partial charge >= 0.3 is 0 Å². The maximum atomic E-state index is 12.0. The number of ether oxygens (including phenoxy) is 2. The predicted molar refractivity (Wildman–Crippen MR) is 79.4 cm³/mol. The number of hydrogen-bond acceptors (Lipinski definition) is 5. The van der Waals surface area contributed by atoms with Gasteiger partial charge in [-0.2, -0.15) is 0 Å². The number of benzene rings is 1. The van der Waals surface area contributed by atoms with E-state index in [4.69, 9.17) is 9.47 Å². The van der Waals surface area contributed by atoms with E-state index >= 15 is 0 Å². The molecule has 0 fully saturated rings. The number of carbonyl (C=O) groups is 1. The zero-order valence-electron chi connectivity index (χ0n) is 12.5. The summed E-state index contributed by atoms with van der Waals surface area (Å²) in [5.41, 5.74) is 1.71. The first-order valence-corrected chi connectivity index (χ1v) is 6.83. The molecule has 1 atom stereocenters. The summed E-state index contributed by atoms with van der Waals surface area (Å²) in [5, 5.41) is 18.6. The first kappa shape index (κ1) is 14.8. The molecule has 0 spiro atoms. The monoisotopic (exact) mass is 318 g/mol. The summed E-state index contributed by atoms with van der Waals surface area (Å²) >= 11 is 0. The maximum Gasteiger partial charge on any atom is 0.273 e. The number of allylic oxidation sites excluding steroid dienone is 1. The van der Waals surface area contributed by atoms with Gasteiger partial charge in [0.1, 0.15) is 5.10 Å². The molecule has 2 aliphatic rings. The quantitative estimate of drug-likeness (QED) is 0.632. The van der Waals surface area contributed by atoms with Gasteiger partial charge in [0.25, 0.3) is 5.96 Å². The lowest BCUT2D eigenvalue weighted by molar-refractivity contribution is -0.485. The molecule has 9 heteroatoms. The summed E-state index contributed by atoms with van der Waals surface area (Å²) < 4.78 is 10.6. The lowest BCUT2D eigenvalue weighted by Gasteiger charge is -2.29. The Hall–Kier alpha value is -3.10. The Kier molecular flexibility index (Phi) is 3.61. The van der Waals surface area contributed by atoms with Crippen LogP contribution in [0.1, 0.15) is 25.5 Å². The molecule has 3 rings (SSSR count). The molecular weight excluding hydrogens is 304 g/mol. The van der Waals surface area contributed by atoms with E-state index in [9.17, 15) is 14.9 Å². The van der Waals surface area contributed by atoms with Crippen molar-refractivity contribution in [3.8, 4) is 11.5 Å². The Morgan fingerprint density at radius 1 is 1.39 bits per heavy atom. The van der Waals surface area contributed by atoms with Crippen molar-refractivity contribution in [2.45, 2.75) is 19.9 Å². The number of hydrogen-bond donors (Lipinski definition) is 2. The fraction of sp³-hybridized carbons (Fsp3) is 0.286. The van der Waals surface area contributed by atoms with Crippen LogP contribution in [0.4, 0.5) is 0 Å². The molecule has 2 heterocycles. The van der Waals surface area contributed by atoms with Gasteiger partial charge in [-0.25, -0.2) is 10.1 Å². The van der Waals surface area contributed by atoms with E-state index in [0.29, 0.717) is 22.8 Å². The number of ketones is 1. The van der Waals surface area contributed by atoms with E-state index in [1.54, 1.807) is 25.1 Å². The molecule has 23 heavy (non-hydrogen) atoms. The van der Waals surface area contributed by atoms with Crippen LogP contribution in [-0.2, 0) is 4.79 Å². The van der Waals surface area contributed by atoms with Crippen LogP contribution in [0.3, 0.4) is 0 Å². The molecule has 120 valence electrons. The molecule has 0 saturated heterocycles. The van der Waals surface area contributed by atoms with Crippen molar-refractivity contribution >= 4 is 11.7 Å². The van der Waals surface area contributed by atoms with Gasteiger partial charge in [0.05, 0.1) is 6.04 Å². The molecule has 1 aromatic rings. The van der Waals surface area contributed by atoms with Crippen LogP contribution in [0.25, 0.3) is 0 Å². The molecule has 0 saturated carbocycles. The minimum absolute atomic E-state index is 0.0276. The highest BCUT2D eigenvalue weighted by atomic mass is 16.7. The summed E-state index contributed by atoms with van der Waals surface area (Å²) in [7, 11) is 0. The van der Waals surface area contributed by atoms with Gasteiger partial charge in [-0.15, -0.1) is 0 Å². The first-order chi connectivity index (χ1) is 11.0. The van der Waals surface area contributed by atoms with Crippen LogP contribution in [0.2, 0.25) is 0 Å². The molecule has 2 N–H and O–H groups in total. The predicted octanol–water partition coefficient (Wildman–Crippen LogP) is 1.06. The number of Topliss-reactive ketones (excluding diaryl/α,β-unsaturated/α-hetero) is 1. The number of hydrazone groups is 1. The highest BCUT2D eigenvalue weighted by Crippen LogP contribution is 2.36. The Balaban J connectivity index is 2.04. The Labute approximate surface area is 131 Å². The van der Waals surface area contributed by atoms with Crippen LogP contribution in [0, 0.1) is 10.1 Å². The van der Waals surface area contributed by atoms with Crippen molar-refractivity contribution in [3.05, 3.63) is 45.1 Å². The van der Waals surface area contributed by atoms with Crippen LogP contribution in [0.15, 0.2) is 34.6 Å². The summed E-state index contributed by atoms with van der Waals surface area (Å²) in [6, 6.07) is 4.68. The molecule has 9 nitrogen and oxygen atoms in total. The lowest BCUT2D eigenvalue weighted by atomic mass is 9.93. The normalized spacial score (nSPS) is 21.0. The fourth-order valence-corrected chi connectivity index (χ4v) is 2.65. The first-order valence-electron chi connectivity index (χ1n) is 6.83. The van der Waals surface area contributed by atoms with Gasteiger partial charge < -0.3 is 20.1 Å². The third-order valence-corrected chi connectivity index (χ3v) is 3.57. The number of carbonyl (C=O) groups excluding carboxylic acids is 1. The second kappa shape index (κ2) is 5.59. The van der Waals surface area contributed by atoms with Crippen LogP contribution in [0.5, 0.6) is 11.5 Å². The summed E-state index contributed by atoms with van der Waals surface area (Å²) in [6.07, 6.45) is 0. The number of nitro groups is 1. The Morgan fingerprint density at radius 3 is 2.83 bits per heavy atom. The average molecular weight is 318 g/mol. The van der Waals surface area contributed by atoms with Gasteiger partial charge in [-0.1, -0.05) is 6.07 Å². The van der Waals surface area contributed by atoms with Crippen molar-refractivity contribution in [1.29, 1.82) is 0 Å². The van der Waals surface area contributed by atoms with Gasteiger partial charge in [0.2, 0.25) is 6.79 Å². The minimum atomic E-state index is -0.807. The molecule has 2 aliphatic heterocycles. The van der Waals surface area contributed by atoms with E-state index in [1.165, 1.54) is 6.92 Å². The SMILES string of the molecule is CC(=O)C1=C(C)N/C(=N\[N+](=O)[O-])N[C@@H]1c1ccc2c(c1)OCO2. The third-order valence-electron chi connectivity index (χ3n) is 3.57. The van der Waals surface area contributed by atoms with Crippen molar-refractivity contribution < 1.29 is 19.3 Å². The largest absolute Gasteiger partial charge is 0.454 e. The number of nitrogens with one attached hydrogen (secondary N) is 2. The minimum Gasteiger partial charge on any atom is -0.454 e. The second-order valence-corrected chi connectivity index (χ2v) is 5.10. The number of rotatable bonds is 3. The molecular formula is C14H14N4O5. The number of nitrogens with zero attached hydrogens (tertiary/aromatic N) is 2. The second-order valence-electron chi connectivity index (χ2n) is 5.10. The van der Waals surface area contributed by atoms with Crippen molar-refractivity contribution in [1.82, 2.24) is 10.6 Å². The van der Waals surface area contributed by atoms with Crippen LogP contribution in [-0.4, -0.2) is 23.6 Å². The zero-order valence-corrected chi connectivity index (χ0v) is 12.5. The summed E-state index contributed by atoms with van der Waals surface area (Å²) in [4.78, 5) is 22.6. The fourth-order valence-electron chi connectivity index (χ4n) is 2.65. The van der Waals surface area contributed by atoms with E-state index < -0.39 is 11.1 Å². The highest BCUT2D eigenvalue weighted by Gasteiger charge is 2.30. The average Bonchev–Trinajstić information content (AvgIpc) is 2.92. The number of fused-ring (bicyclic) bond motifs is 1. The lowest BCUT2D eigenvalue weighted by Crippen LogP contribution is -2.46. The summed E-state index contributed by atoms with van der Waals surface area (Å²) in [6.45, 7) is 3.26. The van der Waals surface area contributed by atoms with Crippen LogP contribution < -0.4 is 20.1 Å². The molecule has 0 amide bonds. The summed E-state index contributed by atoms with van der Waals surface area (Å²) in [5.74, 6) is 1.01. The highest BCUT2D eigenvalue weighted by molar-refractivity contribution is 5.99. The Bertz CT molecular complexity index is 756. The molecule has 0 aromatic heterocycles. The molecule has 0 radical (unpaired) electrons. The standard InChI is InChI=1S/C14H14N4O5/c1-7-12(8(2)19)13(16-14(15-7)17-18(20)21)9-3-4-10-11(5-9)23-6-22-10/h3-5,13H,6H2,1-2H3,(H2,15,16,17)/t13-/m1/s1. The molecule has 0 unspecified atom stereocenters. The Morgan fingerprint density at radius 2 is 2.13 bits per heavy atom. The molecule has 1 aromatic carbocycles. The topological polar surface area (TPSA) is 115 Å². The zero-order chi connectivity index (χ0) is 16.6. The van der Waals surface area contributed by atoms with E-state index in [-0.39, 0.29) is 18.5 Å².